The molecule has 2 aliphatic heterocycles. The minimum absolute atomic E-state index is 0.00480. The van der Waals surface area contributed by atoms with Gasteiger partial charge in [-0.25, -0.2) is 0 Å². The van der Waals surface area contributed by atoms with Gasteiger partial charge in [0.25, 0.3) is 0 Å². The van der Waals surface area contributed by atoms with Crippen LogP contribution in [-0.4, -0.2) is 56.9 Å². The van der Waals surface area contributed by atoms with E-state index >= 15 is 0 Å². The predicted octanol–water partition coefficient (Wildman–Crippen LogP) is 2.36. The van der Waals surface area contributed by atoms with E-state index in [1.165, 1.54) is 12.8 Å². The first-order valence-electron chi connectivity index (χ1n) is 9.36. The van der Waals surface area contributed by atoms with E-state index in [2.05, 4.69) is 0 Å². The van der Waals surface area contributed by atoms with Crippen LogP contribution in [0.25, 0.3) is 0 Å². The van der Waals surface area contributed by atoms with Crippen LogP contribution in [0.5, 0.6) is 5.75 Å². The van der Waals surface area contributed by atoms with Crippen molar-refractivity contribution >= 4 is 5.91 Å². The standard InChI is InChI=1S/C20H27NO4/c22-19(8-9-25-18-4-2-1-3-5-18)21-10-17-12-24-15-20(17,13-21)14-23-11-16-6-7-16/h1-5,16-17H,6-15H2/t17-,20-/m1/s1. The van der Waals surface area contributed by atoms with E-state index in [4.69, 9.17) is 14.2 Å². The molecule has 0 spiro atoms. The number of carbonyl (C=O) groups excluding carboxylic acids is 1. The Morgan fingerprint density at radius 3 is 2.92 bits per heavy atom. The third kappa shape index (κ3) is 3.98. The zero-order valence-electron chi connectivity index (χ0n) is 14.7. The molecule has 4 rings (SSSR count). The molecule has 2 saturated heterocycles. The van der Waals surface area contributed by atoms with E-state index in [1.54, 1.807) is 0 Å². The minimum atomic E-state index is 0.00480. The number of hydrogen-bond acceptors (Lipinski definition) is 4. The van der Waals surface area contributed by atoms with Crippen LogP contribution in [0, 0.1) is 17.3 Å². The lowest BCUT2D eigenvalue weighted by Crippen LogP contribution is -2.37. The predicted molar refractivity (Wildman–Crippen MR) is 93.4 cm³/mol. The van der Waals surface area contributed by atoms with E-state index in [-0.39, 0.29) is 11.3 Å². The second kappa shape index (κ2) is 7.34. The molecule has 136 valence electrons. The molecule has 2 heterocycles. The molecule has 5 nitrogen and oxygen atoms in total. The summed E-state index contributed by atoms with van der Waals surface area (Å²) in [4.78, 5) is 14.6. The van der Waals surface area contributed by atoms with E-state index in [0.717, 1.165) is 44.6 Å². The third-order valence-electron chi connectivity index (χ3n) is 5.64. The number of ether oxygens (including phenoxy) is 3. The van der Waals surface area contributed by atoms with Crippen LogP contribution in [-0.2, 0) is 14.3 Å². The second-order valence-corrected chi connectivity index (χ2v) is 7.72. The number of fused-ring (bicyclic) bond motifs is 1. The van der Waals surface area contributed by atoms with Crippen molar-refractivity contribution in [2.24, 2.45) is 17.3 Å². The topological polar surface area (TPSA) is 48.0 Å². The lowest BCUT2D eigenvalue weighted by atomic mass is 9.82. The summed E-state index contributed by atoms with van der Waals surface area (Å²) in [5.74, 6) is 2.16. The van der Waals surface area contributed by atoms with Gasteiger partial charge in [0.05, 0.1) is 32.8 Å². The maximum Gasteiger partial charge on any atom is 0.226 e. The summed E-state index contributed by atoms with van der Waals surface area (Å²) in [5.41, 5.74) is 0.00480. The van der Waals surface area contributed by atoms with Crippen LogP contribution in [0.3, 0.4) is 0 Å². The van der Waals surface area contributed by atoms with Crippen LogP contribution in [0.15, 0.2) is 30.3 Å². The average molecular weight is 345 g/mol. The molecule has 1 saturated carbocycles. The van der Waals surface area contributed by atoms with Gasteiger partial charge >= 0.3 is 0 Å². The summed E-state index contributed by atoms with van der Waals surface area (Å²) >= 11 is 0. The highest BCUT2D eigenvalue weighted by Crippen LogP contribution is 2.42. The van der Waals surface area contributed by atoms with Crippen molar-refractivity contribution in [2.75, 3.05) is 46.1 Å². The molecule has 1 amide bonds. The highest BCUT2D eigenvalue weighted by molar-refractivity contribution is 5.76. The summed E-state index contributed by atoms with van der Waals surface area (Å²) in [6.45, 7) is 5.02. The van der Waals surface area contributed by atoms with Gasteiger partial charge in [-0.15, -0.1) is 0 Å². The minimum Gasteiger partial charge on any atom is -0.493 e. The molecule has 0 unspecified atom stereocenters. The van der Waals surface area contributed by atoms with Gasteiger partial charge in [-0.1, -0.05) is 18.2 Å². The molecule has 0 N–H and O–H groups in total. The molecule has 0 bridgehead atoms. The quantitative estimate of drug-likeness (QED) is 0.726. The summed E-state index contributed by atoms with van der Waals surface area (Å²) < 4.78 is 17.3. The van der Waals surface area contributed by atoms with Gasteiger partial charge in [-0.2, -0.15) is 0 Å². The number of rotatable bonds is 8. The largest absolute Gasteiger partial charge is 0.493 e. The van der Waals surface area contributed by atoms with Gasteiger partial charge in [0, 0.05) is 31.0 Å². The van der Waals surface area contributed by atoms with Gasteiger partial charge in [0.1, 0.15) is 5.75 Å². The van der Waals surface area contributed by atoms with E-state index in [0.29, 0.717) is 25.6 Å². The van der Waals surface area contributed by atoms with Crippen molar-refractivity contribution in [1.29, 1.82) is 0 Å². The van der Waals surface area contributed by atoms with E-state index in [1.807, 2.05) is 35.2 Å². The van der Waals surface area contributed by atoms with Gasteiger partial charge in [0.2, 0.25) is 5.91 Å². The van der Waals surface area contributed by atoms with Crippen LogP contribution in [0.1, 0.15) is 19.3 Å². The summed E-state index contributed by atoms with van der Waals surface area (Å²) in [7, 11) is 0. The number of likely N-dealkylation sites (tertiary alicyclic amines) is 1. The molecular weight excluding hydrogens is 318 g/mol. The molecule has 0 radical (unpaired) electrons. The first-order chi connectivity index (χ1) is 12.3. The number of hydrogen-bond donors (Lipinski definition) is 0. The van der Waals surface area contributed by atoms with Gasteiger partial charge in [0.15, 0.2) is 0 Å². The Morgan fingerprint density at radius 1 is 1.28 bits per heavy atom. The smallest absolute Gasteiger partial charge is 0.226 e. The van der Waals surface area contributed by atoms with Gasteiger partial charge in [-0.05, 0) is 30.9 Å². The lowest BCUT2D eigenvalue weighted by Gasteiger charge is -2.27. The van der Waals surface area contributed by atoms with Crippen molar-refractivity contribution in [3.8, 4) is 5.75 Å². The fraction of sp³-hybridized carbons (Fsp3) is 0.650. The second-order valence-electron chi connectivity index (χ2n) is 7.72. The maximum absolute atomic E-state index is 12.6. The molecule has 2 atom stereocenters. The Bertz CT molecular complexity index is 589. The summed E-state index contributed by atoms with van der Waals surface area (Å²) in [6, 6.07) is 9.64. The third-order valence-corrected chi connectivity index (χ3v) is 5.64. The zero-order chi connectivity index (χ0) is 17.1. The first kappa shape index (κ1) is 16.9. The number of benzene rings is 1. The van der Waals surface area contributed by atoms with Crippen LogP contribution in [0.4, 0.5) is 0 Å². The van der Waals surface area contributed by atoms with Gasteiger partial charge in [-0.3, -0.25) is 4.79 Å². The SMILES string of the molecule is O=C(CCOc1ccccc1)N1C[C@@H]2COC[C@]2(COCC2CC2)C1. The molecule has 0 aromatic heterocycles. The Hall–Kier alpha value is -1.59. The molecule has 3 fully saturated rings. The van der Waals surface area contributed by atoms with E-state index < -0.39 is 0 Å². The Labute approximate surface area is 149 Å². The highest BCUT2D eigenvalue weighted by atomic mass is 16.5. The van der Waals surface area contributed by atoms with Crippen LogP contribution < -0.4 is 4.74 Å². The molecule has 25 heavy (non-hydrogen) atoms. The molecule has 1 aromatic rings. The molecule has 3 aliphatic rings. The van der Waals surface area contributed by atoms with Crippen molar-refractivity contribution in [3.05, 3.63) is 30.3 Å². The Morgan fingerprint density at radius 2 is 2.12 bits per heavy atom. The number of nitrogens with zero attached hydrogens (tertiary/aromatic N) is 1. The number of amides is 1. The Kier molecular flexibility index (Phi) is 4.95. The molecular formula is C20H27NO4. The average Bonchev–Trinajstić information content (AvgIpc) is 3.25. The van der Waals surface area contributed by atoms with Crippen molar-refractivity contribution in [3.63, 3.8) is 0 Å². The summed E-state index contributed by atoms with van der Waals surface area (Å²) in [5, 5.41) is 0. The lowest BCUT2D eigenvalue weighted by molar-refractivity contribution is -0.131. The van der Waals surface area contributed by atoms with Crippen molar-refractivity contribution in [1.82, 2.24) is 4.90 Å². The number of carbonyl (C=O) groups is 1. The van der Waals surface area contributed by atoms with Gasteiger partial charge < -0.3 is 19.1 Å². The molecule has 1 aliphatic carbocycles. The number of para-hydroxylation sites is 1. The first-order valence-corrected chi connectivity index (χ1v) is 9.36. The van der Waals surface area contributed by atoms with Crippen LogP contribution >= 0.6 is 0 Å². The fourth-order valence-corrected chi connectivity index (χ4v) is 3.87. The molecule has 1 aromatic carbocycles. The van der Waals surface area contributed by atoms with Crippen LogP contribution in [0.2, 0.25) is 0 Å². The molecule has 5 heteroatoms. The fourth-order valence-electron chi connectivity index (χ4n) is 3.87. The Balaban J connectivity index is 1.25. The maximum atomic E-state index is 12.6. The highest BCUT2D eigenvalue weighted by Gasteiger charge is 2.52. The van der Waals surface area contributed by atoms with Crippen molar-refractivity contribution < 1.29 is 19.0 Å². The zero-order valence-corrected chi connectivity index (χ0v) is 14.7. The van der Waals surface area contributed by atoms with Crippen molar-refractivity contribution in [2.45, 2.75) is 19.3 Å². The van der Waals surface area contributed by atoms with E-state index in [9.17, 15) is 4.79 Å². The summed E-state index contributed by atoms with van der Waals surface area (Å²) in [6.07, 6.45) is 3.03. The normalized spacial score (nSPS) is 28.2. The monoisotopic (exact) mass is 345 g/mol.